The topological polar surface area (TPSA) is 182 Å². The van der Waals surface area contributed by atoms with Crippen molar-refractivity contribution in [3.05, 3.63) is 35.9 Å². The summed E-state index contributed by atoms with van der Waals surface area (Å²) in [6, 6.07) is 6.61. The molecule has 0 bridgehead atoms. The van der Waals surface area contributed by atoms with Gasteiger partial charge in [0, 0.05) is 0 Å². The molecule has 1 aliphatic heterocycles. The Kier molecular flexibility index (Phi) is 13.0. The van der Waals surface area contributed by atoms with Crippen LogP contribution >= 0.6 is 0 Å². The fraction of sp³-hybridized carbons (Fsp3) is 0.643. The molecule has 13 heteroatoms. The van der Waals surface area contributed by atoms with E-state index < -0.39 is 72.7 Å². The fourth-order valence-corrected chi connectivity index (χ4v) is 4.02. The average Bonchev–Trinajstić information content (AvgIpc) is 2.88. The fourth-order valence-electron chi connectivity index (χ4n) is 4.02. The summed E-state index contributed by atoms with van der Waals surface area (Å²) in [5.41, 5.74) is -0.0472. The number of nitrogens with one attached hydrogen (secondary N) is 3. The highest BCUT2D eigenvalue weighted by Gasteiger charge is 2.49. The molecule has 0 radical (unpaired) electrons. The first-order valence-electron chi connectivity index (χ1n) is 13.6. The van der Waals surface area contributed by atoms with Gasteiger partial charge < -0.3 is 45.1 Å². The van der Waals surface area contributed by atoms with E-state index in [1.165, 1.54) is 0 Å². The lowest BCUT2D eigenvalue weighted by Gasteiger charge is -2.42. The van der Waals surface area contributed by atoms with Crippen LogP contribution in [0.15, 0.2) is 30.3 Å². The summed E-state index contributed by atoms with van der Waals surface area (Å²) >= 11 is 0. The lowest BCUT2D eigenvalue weighted by atomic mass is 9.95. The Hall–Kier alpha value is -3.26. The van der Waals surface area contributed by atoms with Crippen molar-refractivity contribution >= 4 is 23.9 Å². The van der Waals surface area contributed by atoms with Gasteiger partial charge in [0.15, 0.2) is 12.4 Å². The molecule has 6 atom stereocenters. The third-order valence-corrected chi connectivity index (χ3v) is 5.85. The number of hydrogen-bond acceptors (Lipinski definition) is 10. The van der Waals surface area contributed by atoms with Gasteiger partial charge in [-0.25, -0.2) is 4.79 Å². The number of ether oxygens (including phenoxy) is 4. The quantitative estimate of drug-likeness (QED) is 0.221. The minimum atomic E-state index is -1.79. The van der Waals surface area contributed by atoms with Gasteiger partial charge >= 0.3 is 12.1 Å². The second-order valence-corrected chi connectivity index (χ2v) is 11.1. The molecule has 1 unspecified atom stereocenters. The molecule has 5 N–H and O–H groups in total. The van der Waals surface area contributed by atoms with E-state index in [2.05, 4.69) is 16.0 Å². The third kappa shape index (κ3) is 11.3. The van der Waals surface area contributed by atoms with E-state index in [-0.39, 0.29) is 25.6 Å². The Bertz CT molecular complexity index is 1010. The van der Waals surface area contributed by atoms with Crippen LogP contribution in [0.3, 0.4) is 0 Å². The van der Waals surface area contributed by atoms with Crippen molar-refractivity contribution in [2.24, 2.45) is 5.92 Å². The summed E-state index contributed by atoms with van der Waals surface area (Å²) in [5.74, 6) is -2.26. The van der Waals surface area contributed by atoms with Crippen molar-refractivity contribution in [3.8, 4) is 0 Å². The number of amides is 3. The Morgan fingerprint density at radius 3 is 2.29 bits per heavy atom. The van der Waals surface area contributed by atoms with Gasteiger partial charge in [-0.1, -0.05) is 44.2 Å². The summed E-state index contributed by atoms with van der Waals surface area (Å²) < 4.78 is 21.7. The van der Waals surface area contributed by atoms with Crippen LogP contribution in [0.1, 0.15) is 53.5 Å². The van der Waals surface area contributed by atoms with Crippen LogP contribution in [-0.4, -0.2) is 89.5 Å². The molecule has 0 spiro atoms. The van der Waals surface area contributed by atoms with Crippen molar-refractivity contribution < 1.29 is 48.3 Å². The molecule has 1 saturated heterocycles. The van der Waals surface area contributed by atoms with Gasteiger partial charge in [-0.15, -0.1) is 0 Å². The highest BCUT2D eigenvalue weighted by Crippen LogP contribution is 2.24. The maximum atomic E-state index is 13.4. The predicted octanol–water partition coefficient (Wildman–Crippen LogP) is 0.753. The van der Waals surface area contributed by atoms with E-state index in [1.54, 1.807) is 52.0 Å². The van der Waals surface area contributed by atoms with E-state index in [1.807, 2.05) is 19.9 Å². The van der Waals surface area contributed by atoms with Crippen molar-refractivity contribution in [1.29, 1.82) is 0 Å². The predicted molar refractivity (Wildman–Crippen MR) is 146 cm³/mol. The van der Waals surface area contributed by atoms with Crippen LogP contribution in [-0.2, 0) is 39.9 Å². The Morgan fingerprint density at radius 1 is 1.05 bits per heavy atom. The zero-order valence-electron chi connectivity index (χ0n) is 24.4. The molecule has 0 saturated carbocycles. The number of benzene rings is 1. The third-order valence-electron chi connectivity index (χ3n) is 5.85. The molecule has 2 rings (SSSR count). The Labute approximate surface area is 240 Å². The van der Waals surface area contributed by atoms with Crippen LogP contribution in [0.2, 0.25) is 0 Å². The summed E-state index contributed by atoms with van der Waals surface area (Å²) in [4.78, 5) is 50.2. The van der Waals surface area contributed by atoms with E-state index in [9.17, 15) is 29.4 Å². The minimum absolute atomic E-state index is 0.00333. The highest BCUT2D eigenvalue weighted by atomic mass is 16.7. The van der Waals surface area contributed by atoms with Crippen LogP contribution < -0.4 is 16.0 Å². The van der Waals surface area contributed by atoms with E-state index in [0.29, 0.717) is 0 Å². The lowest BCUT2D eigenvalue weighted by molar-refractivity contribution is -0.263. The number of aliphatic hydroxyl groups excluding tert-OH is 2. The molecule has 1 fully saturated rings. The van der Waals surface area contributed by atoms with Crippen LogP contribution in [0, 0.1) is 5.92 Å². The summed E-state index contributed by atoms with van der Waals surface area (Å²) in [6.45, 7) is 10.0. The standard InChI is InChI=1S/C28H43N3O10/c1-7-38-19(32)14-29-25(36)23-22(34)21(33)20(26(40-23)39-15-17-11-9-8-10-12-17)31-24(35)18(13-16(2)3)30-27(37)41-28(4,5)6/h8-12,16,18,20-23,26,33-34H,7,13-15H2,1-6H3,(H,29,36)(H,30,37)(H,31,35)/t18-,20?,21+,22+,23-,26-/m0/s1. The van der Waals surface area contributed by atoms with Gasteiger partial charge in [0.1, 0.15) is 36.4 Å². The Balaban J connectivity index is 2.24. The molecule has 1 aromatic carbocycles. The van der Waals surface area contributed by atoms with Gasteiger partial charge in [-0.3, -0.25) is 14.4 Å². The maximum absolute atomic E-state index is 13.4. The number of carbonyl (C=O) groups is 4. The number of carbonyl (C=O) groups excluding carboxylic acids is 4. The van der Waals surface area contributed by atoms with Crippen molar-refractivity contribution in [3.63, 3.8) is 0 Å². The van der Waals surface area contributed by atoms with E-state index >= 15 is 0 Å². The minimum Gasteiger partial charge on any atom is -0.465 e. The first-order chi connectivity index (χ1) is 19.2. The molecule has 0 aromatic heterocycles. The van der Waals surface area contributed by atoms with Crippen molar-refractivity contribution in [2.45, 2.75) is 96.9 Å². The normalized spacial score (nSPS) is 23.3. The van der Waals surface area contributed by atoms with Crippen LogP contribution in [0.25, 0.3) is 0 Å². The van der Waals surface area contributed by atoms with Crippen LogP contribution in [0.5, 0.6) is 0 Å². The van der Waals surface area contributed by atoms with Gasteiger partial charge in [-0.2, -0.15) is 0 Å². The molecule has 230 valence electrons. The second kappa shape index (κ2) is 15.7. The maximum Gasteiger partial charge on any atom is 0.408 e. The Morgan fingerprint density at radius 2 is 1.71 bits per heavy atom. The molecular formula is C28H43N3O10. The molecule has 3 amide bonds. The largest absolute Gasteiger partial charge is 0.465 e. The smallest absolute Gasteiger partial charge is 0.408 e. The average molecular weight is 582 g/mol. The van der Waals surface area contributed by atoms with Gasteiger partial charge in [0.2, 0.25) is 5.91 Å². The molecular weight excluding hydrogens is 538 g/mol. The van der Waals surface area contributed by atoms with E-state index in [4.69, 9.17) is 18.9 Å². The first-order valence-corrected chi connectivity index (χ1v) is 13.6. The number of aliphatic hydroxyl groups is 2. The van der Waals surface area contributed by atoms with Gasteiger partial charge in [-0.05, 0) is 45.6 Å². The number of esters is 1. The number of hydrogen-bond donors (Lipinski definition) is 5. The lowest BCUT2D eigenvalue weighted by Crippen LogP contribution is -2.68. The van der Waals surface area contributed by atoms with Gasteiger partial charge in [0.05, 0.1) is 13.2 Å². The summed E-state index contributed by atoms with van der Waals surface area (Å²) in [7, 11) is 0. The monoisotopic (exact) mass is 581 g/mol. The van der Waals surface area contributed by atoms with Crippen LogP contribution in [0.4, 0.5) is 4.79 Å². The summed E-state index contributed by atoms with van der Waals surface area (Å²) in [6.07, 6.45) is -7.08. The molecule has 1 aliphatic rings. The second-order valence-electron chi connectivity index (χ2n) is 11.1. The zero-order chi connectivity index (χ0) is 30.7. The first kappa shape index (κ1) is 33.9. The molecule has 1 aromatic rings. The van der Waals surface area contributed by atoms with Crippen molar-refractivity contribution in [1.82, 2.24) is 16.0 Å². The summed E-state index contributed by atoms with van der Waals surface area (Å²) in [5, 5.41) is 29.3. The molecule has 1 heterocycles. The molecule has 13 nitrogen and oxygen atoms in total. The molecule has 41 heavy (non-hydrogen) atoms. The van der Waals surface area contributed by atoms with E-state index in [0.717, 1.165) is 5.56 Å². The van der Waals surface area contributed by atoms with Crippen molar-refractivity contribution in [2.75, 3.05) is 13.2 Å². The highest BCUT2D eigenvalue weighted by molar-refractivity contribution is 5.87. The zero-order valence-corrected chi connectivity index (χ0v) is 24.4. The van der Waals surface area contributed by atoms with Gasteiger partial charge in [0.25, 0.3) is 5.91 Å². The molecule has 0 aliphatic carbocycles. The number of rotatable bonds is 12. The SMILES string of the molecule is CCOC(=O)CNC(=O)[C@H]1O[C@H](OCc2ccccc2)C(NC(=O)[C@H](CC(C)C)NC(=O)OC(C)(C)C)[C@@H](O)[C@H]1O. The number of alkyl carbamates (subject to hydrolysis) is 1.